The Kier molecular flexibility index (Phi) is 7.47. The van der Waals surface area contributed by atoms with Crippen LogP contribution in [-0.2, 0) is 0 Å². The maximum Gasteiger partial charge on any atom is 0.159 e. The maximum atomic E-state index is 5.97. The lowest BCUT2D eigenvalue weighted by molar-refractivity contribution is 0.344. The van der Waals surface area contributed by atoms with E-state index in [-0.39, 0.29) is 0 Å². The molecule has 0 radical (unpaired) electrons. The van der Waals surface area contributed by atoms with Gasteiger partial charge in [0.2, 0.25) is 0 Å². The van der Waals surface area contributed by atoms with Gasteiger partial charge < -0.3 is 10.5 Å². The Hall–Kier alpha value is -1.65. The zero-order valence-electron chi connectivity index (χ0n) is 14.0. The van der Waals surface area contributed by atoms with Crippen molar-refractivity contribution in [3.05, 3.63) is 59.1 Å². The fourth-order valence-corrected chi connectivity index (χ4v) is 2.78. The third-order valence-corrected chi connectivity index (χ3v) is 4.74. The number of aliphatic imine (C=N–C) groups is 1. The lowest BCUT2D eigenvalue weighted by Gasteiger charge is -2.09. The van der Waals surface area contributed by atoms with E-state index < -0.39 is 0 Å². The molecule has 128 valence electrons. The average Bonchev–Trinajstić information content (AvgIpc) is 2.60. The molecule has 2 N–H and O–H groups in total. The van der Waals surface area contributed by atoms with E-state index in [1.165, 1.54) is 17.3 Å². The van der Waals surface area contributed by atoms with Crippen LogP contribution < -0.4 is 10.5 Å². The maximum absolute atomic E-state index is 5.97. The fraction of sp³-hybridized carbons (Fsp3) is 0.316. The number of halogens is 1. The molecule has 0 fully saturated rings. The summed E-state index contributed by atoms with van der Waals surface area (Å²) in [5, 5.41) is 1.25. The van der Waals surface area contributed by atoms with Crippen LogP contribution in [0.15, 0.2) is 53.5 Å². The molecule has 3 nitrogen and oxygen atoms in total. The molecule has 5 heteroatoms. The van der Waals surface area contributed by atoms with Crippen molar-refractivity contribution in [2.24, 2.45) is 10.7 Å². The molecule has 0 aliphatic rings. The van der Waals surface area contributed by atoms with E-state index in [0.717, 1.165) is 23.6 Å². The van der Waals surface area contributed by atoms with Crippen molar-refractivity contribution in [3.8, 4) is 5.75 Å². The summed E-state index contributed by atoms with van der Waals surface area (Å²) >= 11 is 7.32. The molecule has 2 rings (SSSR count). The molecule has 24 heavy (non-hydrogen) atoms. The van der Waals surface area contributed by atoms with E-state index in [1.54, 1.807) is 0 Å². The number of amidine groups is 1. The van der Waals surface area contributed by atoms with Crippen LogP contribution >= 0.6 is 23.4 Å². The predicted octanol–water partition coefficient (Wildman–Crippen LogP) is 5.61. The highest BCUT2D eigenvalue weighted by molar-refractivity contribution is 8.13. The topological polar surface area (TPSA) is 47.6 Å². The molecule has 0 heterocycles. The zero-order chi connectivity index (χ0) is 17.4. The number of hydrogen-bond donors (Lipinski definition) is 1. The minimum Gasteiger partial charge on any atom is -0.493 e. The van der Waals surface area contributed by atoms with Gasteiger partial charge in [0.05, 0.1) is 12.3 Å². The van der Waals surface area contributed by atoms with E-state index in [4.69, 9.17) is 22.1 Å². The monoisotopic (exact) mass is 362 g/mol. The summed E-state index contributed by atoms with van der Waals surface area (Å²) in [6, 6.07) is 15.6. The molecule has 0 aromatic heterocycles. The summed E-state index contributed by atoms with van der Waals surface area (Å²) in [5.41, 5.74) is 8.18. The molecule has 0 saturated heterocycles. The number of hydrogen-bond acceptors (Lipinski definition) is 3. The first-order valence-electron chi connectivity index (χ1n) is 8.03. The standard InChI is InChI=1S/C19H23ClN2OS/c1-3-14(2)15-4-8-17(9-5-15)22-19(21)24-13-12-23-18-10-6-16(20)7-11-18/h4-11,14H,3,12-13H2,1-2H3,(H2,21,22)/t14-/m0/s1. The van der Waals surface area contributed by atoms with E-state index in [9.17, 15) is 0 Å². The van der Waals surface area contributed by atoms with Crippen molar-refractivity contribution in [1.29, 1.82) is 0 Å². The van der Waals surface area contributed by atoms with Crippen LogP contribution in [0.2, 0.25) is 5.02 Å². The van der Waals surface area contributed by atoms with Gasteiger partial charge in [0, 0.05) is 10.8 Å². The quantitative estimate of drug-likeness (QED) is 0.395. The molecule has 0 saturated carbocycles. The van der Waals surface area contributed by atoms with Gasteiger partial charge in [-0.1, -0.05) is 49.3 Å². The van der Waals surface area contributed by atoms with Gasteiger partial charge in [-0.2, -0.15) is 0 Å². The van der Waals surface area contributed by atoms with Crippen molar-refractivity contribution in [1.82, 2.24) is 0 Å². The highest BCUT2D eigenvalue weighted by Gasteiger charge is 2.02. The molecule has 0 amide bonds. The van der Waals surface area contributed by atoms with Gasteiger partial charge in [-0.15, -0.1) is 0 Å². The summed E-state index contributed by atoms with van der Waals surface area (Å²) in [6.45, 7) is 4.98. The summed E-state index contributed by atoms with van der Waals surface area (Å²) in [7, 11) is 0. The van der Waals surface area contributed by atoms with Crippen LogP contribution in [0, 0.1) is 0 Å². The molecule has 1 atom stereocenters. The van der Waals surface area contributed by atoms with Gasteiger partial charge in [0.15, 0.2) is 5.17 Å². The predicted molar refractivity (Wildman–Crippen MR) is 106 cm³/mol. The molecule has 0 aliphatic carbocycles. The lowest BCUT2D eigenvalue weighted by atomic mass is 9.99. The highest BCUT2D eigenvalue weighted by Crippen LogP contribution is 2.22. The Morgan fingerprint density at radius 2 is 1.83 bits per heavy atom. The van der Waals surface area contributed by atoms with Gasteiger partial charge >= 0.3 is 0 Å². The highest BCUT2D eigenvalue weighted by atomic mass is 35.5. The van der Waals surface area contributed by atoms with Crippen molar-refractivity contribution < 1.29 is 4.74 Å². The summed E-state index contributed by atoms with van der Waals surface area (Å²) < 4.78 is 5.63. The first-order chi connectivity index (χ1) is 11.6. The second-order valence-electron chi connectivity index (χ2n) is 5.50. The largest absolute Gasteiger partial charge is 0.493 e. The smallest absolute Gasteiger partial charge is 0.159 e. The van der Waals surface area contributed by atoms with Crippen LogP contribution in [0.4, 0.5) is 5.69 Å². The van der Waals surface area contributed by atoms with Crippen molar-refractivity contribution in [3.63, 3.8) is 0 Å². The van der Waals surface area contributed by atoms with Crippen LogP contribution in [0.5, 0.6) is 5.75 Å². The summed E-state index contributed by atoms with van der Waals surface area (Å²) in [5.74, 6) is 2.11. The number of rotatable bonds is 7. The van der Waals surface area contributed by atoms with Gasteiger partial charge in [-0.05, 0) is 54.3 Å². The van der Waals surface area contributed by atoms with Crippen LogP contribution in [0.3, 0.4) is 0 Å². The van der Waals surface area contributed by atoms with E-state index in [1.807, 2.05) is 36.4 Å². The molecule has 0 spiro atoms. The van der Waals surface area contributed by atoms with Gasteiger partial charge in [-0.3, -0.25) is 0 Å². The average molecular weight is 363 g/mol. The molecule has 2 aromatic carbocycles. The van der Waals surface area contributed by atoms with E-state index in [0.29, 0.717) is 22.7 Å². The van der Waals surface area contributed by atoms with Crippen LogP contribution in [0.25, 0.3) is 0 Å². The number of ether oxygens (including phenoxy) is 1. The van der Waals surface area contributed by atoms with Crippen molar-refractivity contribution >= 4 is 34.2 Å². The SMILES string of the molecule is CC[C@H](C)c1ccc(N=C(N)SCCOc2ccc(Cl)cc2)cc1. The van der Waals surface area contributed by atoms with E-state index >= 15 is 0 Å². The van der Waals surface area contributed by atoms with Gasteiger partial charge in [-0.25, -0.2) is 4.99 Å². The lowest BCUT2D eigenvalue weighted by Crippen LogP contribution is -2.10. The zero-order valence-corrected chi connectivity index (χ0v) is 15.6. The Balaban J connectivity index is 1.78. The number of nitrogens with zero attached hydrogens (tertiary/aromatic N) is 1. The summed E-state index contributed by atoms with van der Waals surface area (Å²) in [6.07, 6.45) is 1.13. The molecule has 0 aliphatic heterocycles. The second-order valence-corrected chi connectivity index (χ2v) is 7.05. The van der Waals surface area contributed by atoms with E-state index in [2.05, 4.69) is 31.0 Å². The Morgan fingerprint density at radius 3 is 2.46 bits per heavy atom. The molecule has 2 aromatic rings. The fourth-order valence-electron chi connectivity index (χ4n) is 2.11. The number of thioether (sulfide) groups is 1. The Labute approximate surface area is 153 Å². The minimum atomic E-state index is 0.547. The van der Waals surface area contributed by atoms with Crippen molar-refractivity contribution in [2.75, 3.05) is 12.4 Å². The molecule has 0 bridgehead atoms. The molecular weight excluding hydrogens is 340 g/mol. The molecular formula is C19H23ClN2OS. The van der Waals surface area contributed by atoms with Gasteiger partial charge in [0.1, 0.15) is 5.75 Å². The number of nitrogens with two attached hydrogens (primary N) is 1. The van der Waals surface area contributed by atoms with Crippen LogP contribution in [-0.4, -0.2) is 17.5 Å². The molecule has 0 unspecified atom stereocenters. The van der Waals surface area contributed by atoms with Crippen molar-refractivity contribution in [2.45, 2.75) is 26.2 Å². The minimum absolute atomic E-state index is 0.547. The Bertz CT molecular complexity index is 656. The third kappa shape index (κ3) is 6.10. The first-order valence-corrected chi connectivity index (χ1v) is 9.40. The third-order valence-electron chi connectivity index (χ3n) is 3.73. The number of benzene rings is 2. The van der Waals surface area contributed by atoms with Gasteiger partial charge in [0.25, 0.3) is 0 Å². The first kappa shape index (κ1) is 18.7. The Morgan fingerprint density at radius 1 is 1.17 bits per heavy atom. The normalized spacial score (nSPS) is 12.9. The summed E-state index contributed by atoms with van der Waals surface area (Å²) in [4.78, 5) is 4.43. The van der Waals surface area contributed by atoms with Crippen LogP contribution in [0.1, 0.15) is 31.7 Å². The second kappa shape index (κ2) is 9.60.